The van der Waals surface area contributed by atoms with Crippen LogP contribution in [0.5, 0.6) is 11.5 Å². The monoisotopic (exact) mass is 484 g/mol. The van der Waals surface area contributed by atoms with Crippen LogP contribution in [0, 0.1) is 23.4 Å². The van der Waals surface area contributed by atoms with Crippen LogP contribution in [0.25, 0.3) is 11.1 Å². The highest BCUT2D eigenvalue weighted by atomic mass is 19.2. The smallest absolute Gasteiger partial charge is 0.168 e. The standard InChI is InChI=1S/C29H31F3O3/c1-2-3-26(34)21-10-8-20(9-11-21)24-14-13-23(28(31)29(24)32)19-6-4-18(5-7-19)17-35-27-15-12-22(33)16-25(27)30/h8-16,18-19,26,33-34H,2-7,17H2,1H3. The van der Waals surface area contributed by atoms with E-state index in [2.05, 4.69) is 0 Å². The lowest BCUT2D eigenvalue weighted by Crippen LogP contribution is -2.20. The summed E-state index contributed by atoms with van der Waals surface area (Å²) in [4.78, 5) is 0. The van der Waals surface area contributed by atoms with Crippen molar-refractivity contribution in [1.29, 1.82) is 0 Å². The van der Waals surface area contributed by atoms with E-state index >= 15 is 8.78 Å². The molecule has 0 heterocycles. The average Bonchev–Trinajstić information content (AvgIpc) is 2.86. The predicted molar refractivity (Wildman–Crippen MR) is 130 cm³/mol. The molecule has 0 aromatic heterocycles. The lowest BCUT2D eigenvalue weighted by atomic mass is 9.78. The molecular weight excluding hydrogens is 453 g/mol. The Hall–Kier alpha value is -2.99. The zero-order valence-electron chi connectivity index (χ0n) is 19.8. The van der Waals surface area contributed by atoms with Crippen molar-refractivity contribution in [3.8, 4) is 22.6 Å². The van der Waals surface area contributed by atoms with E-state index in [0.717, 1.165) is 30.9 Å². The molecule has 0 bridgehead atoms. The fraction of sp³-hybridized carbons (Fsp3) is 0.379. The number of hydrogen-bond acceptors (Lipinski definition) is 3. The Morgan fingerprint density at radius 2 is 1.63 bits per heavy atom. The van der Waals surface area contributed by atoms with Crippen molar-refractivity contribution in [2.45, 2.75) is 57.5 Å². The van der Waals surface area contributed by atoms with Crippen molar-refractivity contribution < 1.29 is 28.1 Å². The number of aliphatic hydroxyl groups is 1. The van der Waals surface area contributed by atoms with E-state index in [0.29, 0.717) is 37.0 Å². The Kier molecular flexibility index (Phi) is 8.01. The van der Waals surface area contributed by atoms with Crippen LogP contribution in [0.1, 0.15) is 68.6 Å². The largest absolute Gasteiger partial charge is 0.508 e. The minimum atomic E-state index is -0.849. The Bertz CT molecular complexity index is 1140. The summed E-state index contributed by atoms with van der Waals surface area (Å²) in [5.41, 5.74) is 1.94. The fourth-order valence-electron chi connectivity index (χ4n) is 4.88. The summed E-state index contributed by atoms with van der Waals surface area (Å²) in [6.45, 7) is 2.34. The molecule has 1 atom stereocenters. The highest BCUT2D eigenvalue weighted by Gasteiger charge is 2.27. The molecule has 0 saturated heterocycles. The predicted octanol–water partition coefficient (Wildman–Crippen LogP) is 7.66. The molecule has 1 aliphatic carbocycles. The maximum Gasteiger partial charge on any atom is 0.168 e. The van der Waals surface area contributed by atoms with Crippen LogP contribution < -0.4 is 4.74 Å². The Morgan fingerprint density at radius 1 is 0.914 bits per heavy atom. The highest BCUT2D eigenvalue weighted by Crippen LogP contribution is 2.39. The van der Waals surface area contributed by atoms with Gasteiger partial charge >= 0.3 is 0 Å². The van der Waals surface area contributed by atoms with Gasteiger partial charge in [0.05, 0.1) is 12.7 Å². The van der Waals surface area contributed by atoms with Crippen LogP contribution in [0.3, 0.4) is 0 Å². The molecule has 0 radical (unpaired) electrons. The first-order chi connectivity index (χ1) is 16.9. The molecule has 186 valence electrons. The molecule has 6 heteroatoms. The summed E-state index contributed by atoms with van der Waals surface area (Å²) in [7, 11) is 0. The van der Waals surface area contributed by atoms with E-state index in [-0.39, 0.29) is 28.9 Å². The average molecular weight is 485 g/mol. The zero-order chi connectivity index (χ0) is 24.9. The van der Waals surface area contributed by atoms with E-state index in [1.54, 1.807) is 36.4 Å². The number of hydrogen-bond donors (Lipinski definition) is 2. The summed E-state index contributed by atoms with van der Waals surface area (Å²) in [6.07, 6.45) is 3.90. The molecule has 0 aliphatic heterocycles. The Morgan fingerprint density at radius 3 is 2.29 bits per heavy atom. The van der Waals surface area contributed by atoms with Crippen molar-refractivity contribution in [3.05, 3.63) is 83.2 Å². The Balaban J connectivity index is 1.38. The van der Waals surface area contributed by atoms with Gasteiger partial charge < -0.3 is 14.9 Å². The van der Waals surface area contributed by atoms with Gasteiger partial charge in [-0.2, -0.15) is 0 Å². The van der Waals surface area contributed by atoms with Gasteiger partial charge in [0.2, 0.25) is 0 Å². The number of aliphatic hydroxyl groups excluding tert-OH is 1. The maximum atomic E-state index is 15.1. The topological polar surface area (TPSA) is 49.7 Å². The lowest BCUT2D eigenvalue weighted by molar-refractivity contribution is 0.166. The van der Waals surface area contributed by atoms with Gasteiger partial charge in [0.1, 0.15) is 5.75 Å². The molecular formula is C29H31F3O3. The van der Waals surface area contributed by atoms with Gasteiger partial charge in [-0.05, 0) is 72.8 Å². The SMILES string of the molecule is CCCC(O)c1ccc(-c2ccc(C3CCC(COc4ccc(O)cc4F)CC3)c(F)c2F)cc1. The van der Waals surface area contributed by atoms with Crippen LogP contribution in [0.4, 0.5) is 13.2 Å². The highest BCUT2D eigenvalue weighted by molar-refractivity contribution is 5.65. The lowest BCUT2D eigenvalue weighted by Gasteiger charge is -2.29. The van der Waals surface area contributed by atoms with Gasteiger partial charge in [-0.15, -0.1) is 0 Å². The summed E-state index contributed by atoms with van der Waals surface area (Å²) >= 11 is 0. The van der Waals surface area contributed by atoms with Gasteiger partial charge in [-0.25, -0.2) is 13.2 Å². The number of aromatic hydroxyl groups is 1. The van der Waals surface area contributed by atoms with E-state index in [4.69, 9.17) is 4.74 Å². The number of benzene rings is 3. The van der Waals surface area contributed by atoms with Crippen molar-refractivity contribution in [2.75, 3.05) is 6.61 Å². The van der Waals surface area contributed by atoms with E-state index in [9.17, 15) is 14.6 Å². The van der Waals surface area contributed by atoms with Gasteiger partial charge in [0.15, 0.2) is 23.2 Å². The Labute approximate surface area is 204 Å². The second-order valence-electron chi connectivity index (χ2n) is 9.40. The molecule has 2 N–H and O–H groups in total. The number of ether oxygens (including phenoxy) is 1. The van der Waals surface area contributed by atoms with Crippen LogP contribution in [-0.2, 0) is 0 Å². The second-order valence-corrected chi connectivity index (χ2v) is 9.40. The van der Waals surface area contributed by atoms with Gasteiger partial charge in [0.25, 0.3) is 0 Å². The second kappa shape index (κ2) is 11.2. The van der Waals surface area contributed by atoms with E-state index < -0.39 is 23.6 Å². The summed E-state index contributed by atoms with van der Waals surface area (Å²) < 4.78 is 49.5. The van der Waals surface area contributed by atoms with E-state index in [1.807, 2.05) is 6.92 Å². The first-order valence-corrected chi connectivity index (χ1v) is 12.2. The molecule has 1 saturated carbocycles. The normalized spacial score (nSPS) is 18.9. The molecule has 0 amide bonds. The molecule has 3 aromatic carbocycles. The van der Waals surface area contributed by atoms with Crippen LogP contribution in [-0.4, -0.2) is 16.8 Å². The fourth-order valence-corrected chi connectivity index (χ4v) is 4.88. The first-order valence-electron chi connectivity index (χ1n) is 12.2. The van der Waals surface area contributed by atoms with Crippen molar-refractivity contribution in [1.82, 2.24) is 0 Å². The number of phenols is 1. The maximum absolute atomic E-state index is 15.1. The van der Waals surface area contributed by atoms with Crippen molar-refractivity contribution in [3.63, 3.8) is 0 Å². The molecule has 1 fully saturated rings. The van der Waals surface area contributed by atoms with Gasteiger partial charge in [0, 0.05) is 11.6 Å². The van der Waals surface area contributed by atoms with E-state index in [1.165, 1.54) is 12.1 Å². The zero-order valence-corrected chi connectivity index (χ0v) is 19.8. The van der Waals surface area contributed by atoms with Crippen LogP contribution in [0.15, 0.2) is 54.6 Å². The minimum Gasteiger partial charge on any atom is -0.508 e. The summed E-state index contributed by atoms with van der Waals surface area (Å²) in [6, 6.07) is 14.0. The molecule has 35 heavy (non-hydrogen) atoms. The van der Waals surface area contributed by atoms with Gasteiger partial charge in [-0.1, -0.05) is 49.7 Å². The van der Waals surface area contributed by atoms with Crippen LogP contribution >= 0.6 is 0 Å². The molecule has 1 aliphatic rings. The minimum absolute atomic E-state index is 0.0771. The number of phenolic OH excluding ortho intramolecular Hbond substituents is 1. The molecule has 3 aromatic rings. The summed E-state index contributed by atoms with van der Waals surface area (Å²) in [5, 5.41) is 19.4. The third-order valence-corrected chi connectivity index (χ3v) is 6.96. The number of halogens is 3. The summed E-state index contributed by atoms with van der Waals surface area (Å²) in [5.74, 6) is -2.19. The van der Waals surface area contributed by atoms with Crippen LogP contribution in [0.2, 0.25) is 0 Å². The third kappa shape index (κ3) is 5.81. The molecule has 3 nitrogen and oxygen atoms in total. The van der Waals surface area contributed by atoms with Crippen molar-refractivity contribution in [2.24, 2.45) is 5.92 Å². The number of rotatable bonds is 8. The molecule has 0 spiro atoms. The third-order valence-electron chi connectivity index (χ3n) is 6.96. The quantitative estimate of drug-likeness (QED) is 0.345. The molecule has 4 rings (SSSR count). The van der Waals surface area contributed by atoms with Gasteiger partial charge in [-0.3, -0.25) is 0 Å². The first kappa shape index (κ1) is 25.1. The van der Waals surface area contributed by atoms with Crippen molar-refractivity contribution >= 4 is 0 Å². The molecule has 1 unspecified atom stereocenters.